The molecule has 0 saturated carbocycles. The number of hydrogen-bond acceptors (Lipinski definition) is 1. The Morgan fingerprint density at radius 1 is 1.21 bits per heavy atom. The number of rotatable bonds is 7. The van der Waals surface area contributed by atoms with Gasteiger partial charge in [0.05, 0.1) is 12.2 Å². The van der Waals surface area contributed by atoms with Crippen molar-refractivity contribution >= 4 is 0 Å². The van der Waals surface area contributed by atoms with Gasteiger partial charge in [-0.2, -0.15) is 0 Å². The Kier molecular flexibility index (Phi) is 5.93. The van der Waals surface area contributed by atoms with Crippen molar-refractivity contribution in [2.24, 2.45) is 0 Å². The number of ether oxygens (including phenoxy) is 1. The Morgan fingerprint density at radius 3 is 2.71 bits per heavy atom. The molecule has 2 unspecified atom stereocenters. The fourth-order valence-corrected chi connectivity index (χ4v) is 2.15. The van der Waals surface area contributed by atoms with Gasteiger partial charge in [0.2, 0.25) is 0 Å². The highest BCUT2D eigenvalue weighted by Gasteiger charge is 2.23. The Bertz CT molecular complexity index is 153. The molecule has 2 atom stereocenters. The summed E-state index contributed by atoms with van der Waals surface area (Å²) >= 11 is 0. The van der Waals surface area contributed by atoms with Crippen LogP contribution in [0.15, 0.2) is 12.7 Å². The average molecular weight is 196 g/mol. The molecule has 1 saturated heterocycles. The van der Waals surface area contributed by atoms with Gasteiger partial charge in [0.1, 0.15) is 0 Å². The van der Waals surface area contributed by atoms with E-state index in [-0.39, 0.29) is 0 Å². The molecule has 1 aliphatic rings. The van der Waals surface area contributed by atoms with Crippen LogP contribution in [-0.4, -0.2) is 12.2 Å². The Labute approximate surface area is 88.5 Å². The minimum atomic E-state index is 0.476. The first-order chi connectivity index (χ1) is 6.86. The smallest absolute Gasteiger partial charge is 0.0614 e. The van der Waals surface area contributed by atoms with Gasteiger partial charge in [-0.3, -0.25) is 0 Å². The molecular weight excluding hydrogens is 172 g/mol. The first-order valence-electron chi connectivity index (χ1n) is 6.13. The zero-order valence-electron chi connectivity index (χ0n) is 9.50. The molecule has 0 spiro atoms. The molecule has 0 aliphatic carbocycles. The van der Waals surface area contributed by atoms with Gasteiger partial charge in [-0.05, 0) is 25.7 Å². The van der Waals surface area contributed by atoms with Gasteiger partial charge in [-0.25, -0.2) is 0 Å². The maximum absolute atomic E-state index is 5.91. The minimum Gasteiger partial charge on any atom is -0.375 e. The van der Waals surface area contributed by atoms with E-state index in [4.69, 9.17) is 4.74 Å². The van der Waals surface area contributed by atoms with Gasteiger partial charge in [-0.1, -0.05) is 38.7 Å². The highest BCUT2D eigenvalue weighted by atomic mass is 16.5. The van der Waals surface area contributed by atoms with Crippen LogP contribution in [0.2, 0.25) is 0 Å². The Balaban J connectivity index is 2.01. The van der Waals surface area contributed by atoms with Gasteiger partial charge in [0, 0.05) is 0 Å². The summed E-state index contributed by atoms with van der Waals surface area (Å²) in [4.78, 5) is 0. The summed E-state index contributed by atoms with van der Waals surface area (Å²) in [6.45, 7) is 6.01. The van der Waals surface area contributed by atoms with E-state index in [0.717, 1.165) is 6.42 Å². The second kappa shape index (κ2) is 7.05. The van der Waals surface area contributed by atoms with Crippen LogP contribution in [0.4, 0.5) is 0 Å². The van der Waals surface area contributed by atoms with Crippen molar-refractivity contribution in [2.75, 3.05) is 0 Å². The largest absolute Gasteiger partial charge is 0.375 e. The maximum atomic E-state index is 5.91. The number of hydrogen-bond donors (Lipinski definition) is 0. The third-order valence-electron chi connectivity index (χ3n) is 3.00. The van der Waals surface area contributed by atoms with Crippen molar-refractivity contribution in [1.82, 2.24) is 0 Å². The second-order valence-electron chi connectivity index (χ2n) is 4.33. The molecular formula is C13H24O. The standard InChI is InChI=1S/C13H24O/c1-3-5-6-7-9-13-11-10-12(14-13)8-4-2/h4,12-13H,2-3,5-11H2,1H3. The van der Waals surface area contributed by atoms with E-state index in [1.807, 2.05) is 6.08 Å². The molecule has 1 nitrogen and oxygen atoms in total. The van der Waals surface area contributed by atoms with Crippen LogP contribution < -0.4 is 0 Å². The van der Waals surface area contributed by atoms with Crippen LogP contribution in [0.3, 0.4) is 0 Å². The molecule has 1 rings (SSSR count). The van der Waals surface area contributed by atoms with Crippen LogP contribution in [-0.2, 0) is 4.74 Å². The highest BCUT2D eigenvalue weighted by Crippen LogP contribution is 2.25. The maximum Gasteiger partial charge on any atom is 0.0614 e. The molecule has 0 N–H and O–H groups in total. The molecule has 0 bridgehead atoms. The quantitative estimate of drug-likeness (QED) is 0.440. The van der Waals surface area contributed by atoms with E-state index >= 15 is 0 Å². The topological polar surface area (TPSA) is 9.23 Å². The lowest BCUT2D eigenvalue weighted by atomic mass is 10.1. The van der Waals surface area contributed by atoms with Gasteiger partial charge in [-0.15, -0.1) is 6.58 Å². The van der Waals surface area contributed by atoms with Crippen LogP contribution in [0.25, 0.3) is 0 Å². The molecule has 0 amide bonds. The lowest BCUT2D eigenvalue weighted by Crippen LogP contribution is -2.09. The van der Waals surface area contributed by atoms with Crippen molar-refractivity contribution < 1.29 is 4.74 Å². The monoisotopic (exact) mass is 196 g/mol. The van der Waals surface area contributed by atoms with E-state index in [0.29, 0.717) is 12.2 Å². The third-order valence-corrected chi connectivity index (χ3v) is 3.00. The molecule has 0 radical (unpaired) electrons. The van der Waals surface area contributed by atoms with Crippen LogP contribution in [0.1, 0.15) is 58.3 Å². The molecule has 14 heavy (non-hydrogen) atoms. The molecule has 82 valence electrons. The molecule has 0 aromatic heterocycles. The lowest BCUT2D eigenvalue weighted by Gasteiger charge is -2.11. The van der Waals surface area contributed by atoms with Crippen molar-refractivity contribution in [3.63, 3.8) is 0 Å². The predicted molar refractivity (Wildman–Crippen MR) is 61.5 cm³/mol. The van der Waals surface area contributed by atoms with Crippen molar-refractivity contribution in [2.45, 2.75) is 70.5 Å². The van der Waals surface area contributed by atoms with Gasteiger partial charge in [0.25, 0.3) is 0 Å². The lowest BCUT2D eigenvalue weighted by molar-refractivity contribution is 0.0411. The van der Waals surface area contributed by atoms with E-state index in [1.54, 1.807) is 0 Å². The van der Waals surface area contributed by atoms with Crippen molar-refractivity contribution in [1.29, 1.82) is 0 Å². The summed E-state index contributed by atoms with van der Waals surface area (Å²) in [5, 5.41) is 0. The van der Waals surface area contributed by atoms with Crippen molar-refractivity contribution in [3.05, 3.63) is 12.7 Å². The van der Waals surface area contributed by atoms with Gasteiger partial charge >= 0.3 is 0 Å². The molecule has 1 heterocycles. The second-order valence-corrected chi connectivity index (χ2v) is 4.33. The van der Waals surface area contributed by atoms with E-state index < -0.39 is 0 Å². The first-order valence-corrected chi connectivity index (χ1v) is 6.13. The van der Waals surface area contributed by atoms with Crippen molar-refractivity contribution in [3.8, 4) is 0 Å². The summed E-state index contributed by atoms with van der Waals surface area (Å²) in [7, 11) is 0. The van der Waals surface area contributed by atoms with Crippen LogP contribution in [0.5, 0.6) is 0 Å². The molecule has 1 aliphatic heterocycles. The van der Waals surface area contributed by atoms with E-state index in [1.165, 1.54) is 44.9 Å². The molecule has 0 aromatic carbocycles. The van der Waals surface area contributed by atoms with Crippen LogP contribution in [0, 0.1) is 0 Å². The third kappa shape index (κ3) is 4.28. The SMILES string of the molecule is C=CCC1CCC(CCCCCC)O1. The van der Waals surface area contributed by atoms with Crippen LogP contribution >= 0.6 is 0 Å². The summed E-state index contributed by atoms with van der Waals surface area (Å²) < 4.78 is 5.91. The summed E-state index contributed by atoms with van der Waals surface area (Å²) in [6, 6.07) is 0. The summed E-state index contributed by atoms with van der Waals surface area (Å²) in [5.74, 6) is 0. The van der Waals surface area contributed by atoms with Gasteiger partial charge < -0.3 is 4.74 Å². The first kappa shape index (κ1) is 11.8. The average Bonchev–Trinajstić information content (AvgIpc) is 2.61. The van der Waals surface area contributed by atoms with Gasteiger partial charge in [0.15, 0.2) is 0 Å². The molecule has 1 fully saturated rings. The zero-order valence-corrected chi connectivity index (χ0v) is 9.50. The van der Waals surface area contributed by atoms with E-state index in [2.05, 4.69) is 13.5 Å². The predicted octanol–water partition coefficient (Wildman–Crippen LogP) is 4.08. The zero-order chi connectivity index (χ0) is 10.2. The fraction of sp³-hybridized carbons (Fsp3) is 0.846. The van der Waals surface area contributed by atoms with E-state index in [9.17, 15) is 0 Å². The fourth-order valence-electron chi connectivity index (χ4n) is 2.15. The normalized spacial score (nSPS) is 26.6. The number of unbranched alkanes of at least 4 members (excludes halogenated alkanes) is 3. The molecule has 1 heteroatoms. The Hall–Kier alpha value is -0.300. The summed E-state index contributed by atoms with van der Waals surface area (Å²) in [5.41, 5.74) is 0. The molecule has 0 aromatic rings. The highest BCUT2D eigenvalue weighted by molar-refractivity contribution is 4.80. The Morgan fingerprint density at radius 2 is 2.00 bits per heavy atom. The minimum absolute atomic E-state index is 0.476. The summed E-state index contributed by atoms with van der Waals surface area (Å²) in [6.07, 6.45) is 13.2.